The van der Waals surface area contributed by atoms with E-state index in [0.717, 1.165) is 37.1 Å². The Morgan fingerprint density at radius 2 is 1.26 bits per heavy atom. The van der Waals surface area contributed by atoms with Crippen LogP contribution in [0.15, 0.2) is 42.5 Å². The maximum atomic E-state index is 14.6. The van der Waals surface area contributed by atoms with E-state index < -0.39 is 69.4 Å². The molecule has 1 nitrogen and oxygen atoms in total. The molecule has 3 aromatic carbocycles. The molecule has 0 atom stereocenters. The van der Waals surface area contributed by atoms with Crippen LogP contribution >= 0.6 is 0 Å². The van der Waals surface area contributed by atoms with Crippen LogP contribution in [-0.4, -0.2) is 0 Å². The molecule has 0 saturated heterocycles. The number of alkyl halides is 5. The molecule has 0 bridgehead atoms. The summed E-state index contributed by atoms with van der Waals surface area (Å²) in [4.78, 5) is 0. The number of unbranched alkanes of at least 4 members (excludes halogenated alkanes) is 2. The lowest BCUT2D eigenvalue weighted by molar-refractivity contribution is -0.189. The monoisotopic (exact) mass is 548 g/mol. The Morgan fingerprint density at radius 3 is 1.79 bits per heavy atom. The van der Waals surface area contributed by atoms with Crippen LogP contribution in [0.2, 0.25) is 0 Å². The van der Waals surface area contributed by atoms with Crippen LogP contribution in [0.3, 0.4) is 0 Å². The third kappa shape index (κ3) is 6.79. The highest BCUT2D eigenvalue weighted by atomic mass is 19.4. The van der Waals surface area contributed by atoms with Gasteiger partial charge in [0, 0.05) is 11.6 Å². The van der Waals surface area contributed by atoms with Gasteiger partial charge < -0.3 is 4.74 Å². The molecular formula is C27H18F10O. The zero-order chi connectivity index (χ0) is 28.3. The average molecular weight is 548 g/mol. The van der Waals surface area contributed by atoms with Crippen molar-refractivity contribution in [3.05, 3.63) is 99.4 Å². The predicted molar refractivity (Wildman–Crippen MR) is 118 cm³/mol. The number of aryl methyl sites for hydroxylation is 1. The molecule has 3 rings (SSSR count). The number of ether oxygens (including phenoxy) is 1. The molecule has 0 unspecified atom stereocenters. The summed E-state index contributed by atoms with van der Waals surface area (Å²) in [6, 6.07) is 4.20. The molecule has 0 aliphatic rings. The van der Waals surface area contributed by atoms with Gasteiger partial charge in [-0.25, -0.2) is 22.0 Å². The third-order valence-corrected chi connectivity index (χ3v) is 5.32. The fourth-order valence-corrected chi connectivity index (χ4v) is 3.54. The van der Waals surface area contributed by atoms with Crippen LogP contribution in [-0.2, 0) is 18.7 Å². The molecule has 3 aromatic rings. The maximum absolute atomic E-state index is 14.6. The molecule has 0 heterocycles. The quantitative estimate of drug-likeness (QED) is 0.163. The van der Waals surface area contributed by atoms with Crippen LogP contribution in [0.1, 0.15) is 54.0 Å². The van der Waals surface area contributed by atoms with Gasteiger partial charge in [0.15, 0.2) is 0 Å². The number of hydrogen-bond acceptors (Lipinski definition) is 1. The van der Waals surface area contributed by atoms with Gasteiger partial charge in [-0.1, -0.05) is 31.6 Å². The molecule has 0 fully saturated rings. The van der Waals surface area contributed by atoms with Crippen molar-refractivity contribution in [3.8, 4) is 17.6 Å². The van der Waals surface area contributed by atoms with Crippen molar-refractivity contribution in [3.63, 3.8) is 0 Å². The fourth-order valence-electron chi connectivity index (χ4n) is 3.54. The van der Waals surface area contributed by atoms with Gasteiger partial charge in [-0.3, -0.25) is 0 Å². The van der Waals surface area contributed by atoms with Crippen LogP contribution in [0.4, 0.5) is 43.9 Å². The van der Waals surface area contributed by atoms with Crippen molar-refractivity contribution in [2.75, 3.05) is 0 Å². The highest BCUT2D eigenvalue weighted by Gasteiger charge is 2.41. The first kappa shape index (κ1) is 28.9. The van der Waals surface area contributed by atoms with Gasteiger partial charge in [0.25, 0.3) is 0 Å². The molecule has 0 amide bonds. The molecule has 0 saturated carbocycles. The molecule has 0 aromatic heterocycles. The van der Waals surface area contributed by atoms with E-state index in [1.807, 2.05) is 6.92 Å². The number of rotatable bonds is 7. The normalized spacial score (nSPS) is 11.8. The lowest BCUT2D eigenvalue weighted by Gasteiger charge is -2.20. The van der Waals surface area contributed by atoms with Gasteiger partial charge in [-0.05, 0) is 54.8 Å². The van der Waals surface area contributed by atoms with Crippen molar-refractivity contribution in [2.45, 2.75) is 44.9 Å². The lowest BCUT2D eigenvalue weighted by atomic mass is 10.0. The van der Waals surface area contributed by atoms with E-state index in [1.165, 1.54) is 0 Å². The fraction of sp³-hybridized carbons (Fsp3) is 0.259. The highest BCUT2D eigenvalue weighted by Crippen LogP contribution is 2.36. The summed E-state index contributed by atoms with van der Waals surface area (Å²) in [7, 11) is 0. The van der Waals surface area contributed by atoms with E-state index in [-0.39, 0.29) is 12.0 Å². The summed E-state index contributed by atoms with van der Waals surface area (Å²) < 4.78 is 142. The van der Waals surface area contributed by atoms with Gasteiger partial charge in [-0.15, -0.1) is 0 Å². The average Bonchev–Trinajstić information content (AvgIpc) is 2.76. The van der Waals surface area contributed by atoms with Gasteiger partial charge in [0.05, 0.1) is 5.56 Å². The largest absolute Gasteiger partial charge is 0.432 e. The lowest BCUT2D eigenvalue weighted by Crippen LogP contribution is -2.25. The van der Waals surface area contributed by atoms with Crippen LogP contribution in [0.5, 0.6) is 5.75 Å². The third-order valence-electron chi connectivity index (χ3n) is 5.32. The van der Waals surface area contributed by atoms with E-state index in [0.29, 0.717) is 24.6 Å². The second-order valence-electron chi connectivity index (χ2n) is 8.21. The molecular weight excluding hydrogens is 530 g/mol. The number of benzene rings is 3. The van der Waals surface area contributed by atoms with Gasteiger partial charge in [0.2, 0.25) is 0 Å². The van der Waals surface area contributed by atoms with Crippen molar-refractivity contribution in [1.82, 2.24) is 0 Å². The Labute approximate surface area is 211 Å². The standard InChI is InChI=1S/C27H18F10O/c1-2-3-4-5-15-10-22(31)25(23(32)11-15)27(36,37)38-18-9-8-17(19(28)14-18)7-6-16-12-20(29)24(21(30)13-16)26(33,34)35/h8-14H,2-5H2,1H3. The SMILES string of the molecule is CCCCCc1cc(F)c(C(F)(F)Oc2ccc(C#Cc3cc(F)c(C(F)(F)F)c(F)c3)c(F)c2)c(F)c1. The summed E-state index contributed by atoms with van der Waals surface area (Å²) >= 11 is 0. The highest BCUT2D eigenvalue weighted by molar-refractivity contribution is 5.46. The Kier molecular flexibility index (Phi) is 8.65. The first-order chi connectivity index (χ1) is 17.7. The summed E-state index contributed by atoms with van der Waals surface area (Å²) in [5, 5.41) is 0. The molecule has 0 aliphatic heterocycles. The van der Waals surface area contributed by atoms with Gasteiger partial charge in [0.1, 0.15) is 46.0 Å². The summed E-state index contributed by atoms with van der Waals surface area (Å²) in [5.74, 6) is -4.85. The Bertz CT molecular complexity index is 1340. The second kappa shape index (κ2) is 11.4. The van der Waals surface area contributed by atoms with Crippen LogP contribution < -0.4 is 4.74 Å². The van der Waals surface area contributed by atoms with E-state index in [2.05, 4.69) is 16.6 Å². The summed E-state index contributed by atoms with van der Waals surface area (Å²) in [6.45, 7) is 1.92. The van der Waals surface area contributed by atoms with Gasteiger partial charge in [-0.2, -0.15) is 22.0 Å². The van der Waals surface area contributed by atoms with Crippen molar-refractivity contribution in [1.29, 1.82) is 0 Å². The topological polar surface area (TPSA) is 9.23 Å². The minimum atomic E-state index is -5.29. The van der Waals surface area contributed by atoms with Crippen molar-refractivity contribution < 1.29 is 48.6 Å². The Balaban J connectivity index is 1.82. The molecule has 11 heteroatoms. The molecule has 0 aliphatic carbocycles. The Morgan fingerprint density at radius 1 is 0.684 bits per heavy atom. The molecule has 0 N–H and O–H groups in total. The molecule has 38 heavy (non-hydrogen) atoms. The smallest absolute Gasteiger partial charge is 0.429 e. The first-order valence-electron chi connectivity index (χ1n) is 11.2. The molecule has 0 radical (unpaired) electrons. The van der Waals surface area contributed by atoms with Gasteiger partial charge >= 0.3 is 12.3 Å². The molecule has 202 valence electrons. The van der Waals surface area contributed by atoms with E-state index in [1.54, 1.807) is 0 Å². The maximum Gasteiger partial charge on any atom is 0.432 e. The predicted octanol–water partition coefficient (Wildman–Crippen LogP) is 8.66. The van der Waals surface area contributed by atoms with E-state index in [4.69, 9.17) is 0 Å². The minimum Gasteiger partial charge on any atom is -0.429 e. The van der Waals surface area contributed by atoms with Crippen molar-refractivity contribution >= 4 is 0 Å². The zero-order valence-corrected chi connectivity index (χ0v) is 19.6. The van der Waals surface area contributed by atoms with Crippen molar-refractivity contribution in [2.24, 2.45) is 0 Å². The number of hydrogen-bond donors (Lipinski definition) is 0. The summed E-state index contributed by atoms with van der Waals surface area (Å²) in [6.07, 6.45) is -7.28. The number of halogens is 10. The van der Waals surface area contributed by atoms with Crippen LogP contribution in [0, 0.1) is 40.9 Å². The first-order valence-corrected chi connectivity index (χ1v) is 11.2. The Hall–Kier alpha value is -3.68. The minimum absolute atomic E-state index is 0.190. The second-order valence-corrected chi connectivity index (χ2v) is 8.21. The zero-order valence-electron chi connectivity index (χ0n) is 19.6. The molecule has 0 spiro atoms. The summed E-state index contributed by atoms with van der Waals surface area (Å²) in [5.41, 5.74) is -4.63. The van der Waals surface area contributed by atoms with E-state index in [9.17, 15) is 43.9 Å². The van der Waals surface area contributed by atoms with Crippen LogP contribution in [0.25, 0.3) is 0 Å². The van der Waals surface area contributed by atoms with E-state index >= 15 is 0 Å².